The second-order valence-corrected chi connectivity index (χ2v) is 3.08. The molecule has 0 saturated heterocycles. The van der Waals surface area contributed by atoms with Gasteiger partial charge in [-0.2, -0.15) is 0 Å². The third-order valence-electron chi connectivity index (χ3n) is 1.94. The van der Waals surface area contributed by atoms with E-state index in [9.17, 15) is 0 Å². The molecule has 0 heterocycles. The highest BCUT2D eigenvalue weighted by Gasteiger charge is 1.98. The highest BCUT2D eigenvalue weighted by Crippen LogP contribution is 2.06. The minimum absolute atomic E-state index is 0.0882. The van der Waals surface area contributed by atoms with E-state index in [1.54, 1.807) is 0 Å². The average molecular weight is 175 g/mol. The number of rotatable bonds is 4. The molecule has 0 spiro atoms. The summed E-state index contributed by atoms with van der Waals surface area (Å²) >= 11 is 0. The minimum Gasteiger partial charge on any atom is -0.0909 e. The number of hydrogen-bond acceptors (Lipinski definition) is 1. The lowest BCUT2D eigenvalue weighted by atomic mass is 10.1. The SMILES string of the molecule is C[C@@H](CCc1ccccc1)N=[N+]=[N-]. The maximum atomic E-state index is 8.19. The van der Waals surface area contributed by atoms with Crippen LogP contribution in [-0.4, -0.2) is 6.04 Å². The van der Waals surface area contributed by atoms with Crippen molar-refractivity contribution in [3.05, 3.63) is 46.3 Å². The van der Waals surface area contributed by atoms with Crippen LogP contribution in [0.15, 0.2) is 35.4 Å². The largest absolute Gasteiger partial charge is 0.0909 e. The van der Waals surface area contributed by atoms with Crippen LogP contribution >= 0.6 is 0 Å². The highest BCUT2D eigenvalue weighted by molar-refractivity contribution is 5.14. The van der Waals surface area contributed by atoms with E-state index in [4.69, 9.17) is 5.53 Å². The first-order valence-electron chi connectivity index (χ1n) is 4.41. The molecule has 0 aliphatic rings. The maximum absolute atomic E-state index is 8.19. The van der Waals surface area contributed by atoms with Gasteiger partial charge >= 0.3 is 0 Å². The van der Waals surface area contributed by atoms with Crippen molar-refractivity contribution in [2.75, 3.05) is 0 Å². The number of hydrogen-bond donors (Lipinski definition) is 0. The van der Waals surface area contributed by atoms with E-state index >= 15 is 0 Å². The Hall–Kier alpha value is -1.47. The van der Waals surface area contributed by atoms with Gasteiger partial charge in [0.25, 0.3) is 0 Å². The first kappa shape index (κ1) is 9.62. The van der Waals surface area contributed by atoms with E-state index < -0.39 is 0 Å². The smallest absolute Gasteiger partial charge is 0.0349 e. The van der Waals surface area contributed by atoms with Crippen molar-refractivity contribution in [2.24, 2.45) is 5.11 Å². The summed E-state index contributed by atoms with van der Waals surface area (Å²) in [5.74, 6) is 0. The van der Waals surface area contributed by atoms with Crippen molar-refractivity contribution in [2.45, 2.75) is 25.8 Å². The topological polar surface area (TPSA) is 48.8 Å². The quantitative estimate of drug-likeness (QED) is 0.383. The molecule has 3 heteroatoms. The van der Waals surface area contributed by atoms with Crippen LogP contribution in [0, 0.1) is 0 Å². The monoisotopic (exact) mass is 175 g/mol. The van der Waals surface area contributed by atoms with E-state index in [0.29, 0.717) is 0 Å². The second kappa shape index (κ2) is 5.22. The molecule has 0 fully saturated rings. The minimum atomic E-state index is 0.0882. The fraction of sp³-hybridized carbons (Fsp3) is 0.400. The fourth-order valence-corrected chi connectivity index (χ4v) is 1.17. The van der Waals surface area contributed by atoms with Gasteiger partial charge in [0.1, 0.15) is 0 Å². The molecule has 0 bridgehead atoms. The van der Waals surface area contributed by atoms with Crippen molar-refractivity contribution in [1.82, 2.24) is 0 Å². The molecule has 0 unspecified atom stereocenters. The predicted molar refractivity (Wildman–Crippen MR) is 53.4 cm³/mol. The van der Waals surface area contributed by atoms with Crippen LogP contribution in [0.5, 0.6) is 0 Å². The molecule has 0 aliphatic heterocycles. The van der Waals surface area contributed by atoms with Gasteiger partial charge < -0.3 is 0 Å². The molecule has 1 rings (SSSR count). The molecule has 0 radical (unpaired) electrons. The lowest BCUT2D eigenvalue weighted by molar-refractivity contribution is 0.662. The van der Waals surface area contributed by atoms with Crippen LogP contribution in [0.2, 0.25) is 0 Å². The molecule has 68 valence electrons. The maximum Gasteiger partial charge on any atom is 0.0349 e. The van der Waals surface area contributed by atoms with E-state index in [1.165, 1.54) is 5.56 Å². The Labute approximate surface area is 78.0 Å². The van der Waals surface area contributed by atoms with Crippen molar-refractivity contribution >= 4 is 0 Å². The molecule has 0 saturated carbocycles. The summed E-state index contributed by atoms with van der Waals surface area (Å²) in [6.45, 7) is 1.93. The standard InChI is InChI=1S/C10H13N3/c1-9(12-13-11)7-8-10-5-3-2-4-6-10/h2-6,9H,7-8H2,1H3/t9-/m0/s1. The molecule has 0 amide bonds. The van der Waals surface area contributed by atoms with Gasteiger partial charge in [-0.25, -0.2) is 0 Å². The first-order valence-corrected chi connectivity index (χ1v) is 4.41. The van der Waals surface area contributed by atoms with Gasteiger partial charge in [0.15, 0.2) is 0 Å². The van der Waals surface area contributed by atoms with Crippen LogP contribution in [0.4, 0.5) is 0 Å². The molecular formula is C10H13N3. The lowest BCUT2D eigenvalue weighted by Gasteiger charge is -2.03. The molecule has 0 aromatic heterocycles. The van der Waals surface area contributed by atoms with Crippen LogP contribution < -0.4 is 0 Å². The lowest BCUT2D eigenvalue weighted by Crippen LogP contribution is -1.98. The molecular weight excluding hydrogens is 162 g/mol. The third kappa shape index (κ3) is 3.63. The van der Waals surface area contributed by atoms with E-state index in [2.05, 4.69) is 22.2 Å². The highest BCUT2D eigenvalue weighted by atomic mass is 15.1. The molecule has 0 aliphatic carbocycles. The summed E-state index contributed by atoms with van der Waals surface area (Å²) in [5.41, 5.74) is 9.49. The average Bonchev–Trinajstić information content (AvgIpc) is 2.17. The normalized spacial score (nSPS) is 11.8. The fourth-order valence-electron chi connectivity index (χ4n) is 1.17. The molecule has 1 aromatic carbocycles. The van der Waals surface area contributed by atoms with E-state index in [0.717, 1.165) is 12.8 Å². The Morgan fingerprint density at radius 3 is 2.69 bits per heavy atom. The summed E-state index contributed by atoms with van der Waals surface area (Å²) in [7, 11) is 0. The molecule has 0 N–H and O–H groups in total. The van der Waals surface area contributed by atoms with Gasteiger partial charge in [-0.15, -0.1) is 0 Å². The first-order chi connectivity index (χ1) is 6.33. The summed E-state index contributed by atoms with van der Waals surface area (Å²) in [6.07, 6.45) is 1.88. The Morgan fingerprint density at radius 2 is 2.08 bits per heavy atom. The van der Waals surface area contributed by atoms with Crippen LogP contribution in [0.3, 0.4) is 0 Å². The van der Waals surface area contributed by atoms with E-state index in [1.807, 2.05) is 25.1 Å². The van der Waals surface area contributed by atoms with Gasteiger partial charge in [0.2, 0.25) is 0 Å². The van der Waals surface area contributed by atoms with Gasteiger partial charge in [-0.05, 0) is 23.9 Å². The van der Waals surface area contributed by atoms with Crippen molar-refractivity contribution < 1.29 is 0 Å². The molecule has 13 heavy (non-hydrogen) atoms. The van der Waals surface area contributed by atoms with Crippen LogP contribution in [0.25, 0.3) is 10.4 Å². The Morgan fingerprint density at radius 1 is 1.38 bits per heavy atom. The van der Waals surface area contributed by atoms with Crippen molar-refractivity contribution in [3.63, 3.8) is 0 Å². The van der Waals surface area contributed by atoms with Crippen LogP contribution in [-0.2, 0) is 6.42 Å². The molecule has 1 aromatic rings. The van der Waals surface area contributed by atoms with Gasteiger partial charge in [0, 0.05) is 11.0 Å². The Kier molecular flexibility index (Phi) is 3.86. The Balaban J connectivity index is 2.39. The van der Waals surface area contributed by atoms with Gasteiger partial charge in [-0.1, -0.05) is 42.4 Å². The number of nitrogens with zero attached hydrogens (tertiary/aromatic N) is 3. The van der Waals surface area contributed by atoms with Crippen LogP contribution in [0.1, 0.15) is 18.9 Å². The number of benzene rings is 1. The number of azide groups is 1. The number of aryl methyl sites for hydroxylation is 1. The third-order valence-corrected chi connectivity index (χ3v) is 1.94. The Bertz CT molecular complexity index is 288. The van der Waals surface area contributed by atoms with Crippen molar-refractivity contribution in [3.8, 4) is 0 Å². The zero-order valence-corrected chi connectivity index (χ0v) is 7.72. The predicted octanol–water partition coefficient (Wildman–Crippen LogP) is 3.32. The van der Waals surface area contributed by atoms with Gasteiger partial charge in [0.05, 0.1) is 0 Å². The zero-order chi connectivity index (χ0) is 9.52. The molecule has 3 nitrogen and oxygen atoms in total. The zero-order valence-electron chi connectivity index (χ0n) is 7.72. The molecule has 1 atom stereocenters. The summed E-state index contributed by atoms with van der Waals surface area (Å²) in [6, 6.07) is 10.3. The van der Waals surface area contributed by atoms with E-state index in [-0.39, 0.29) is 6.04 Å². The second-order valence-electron chi connectivity index (χ2n) is 3.08. The van der Waals surface area contributed by atoms with Crippen molar-refractivity contribution in [1.29, 1.82) is 0 Å². The summed E-state index contributed by atoms with van der Waals surface area (Å²) < 4.78 is 0. The van der Waals surface area contributed by atoms with Gasteiger partial charge in [-0.3, -0.25) is 0 Å². The summed E-state index contributed by atoms with van der Waals surface area (Å²) in [4.78, 5) is 2.77. The summed E-state index contributed by atoms with van der Waals surface area (Å²) in [5, 5.41) is 3.62.